The van der Waals surface area contributed by atoms with Crippen molar-refractivity contribution in [1.82, 2.24) is 0 Å². The lowest BCUT2D eigenvalue weighted by molar-refractivity contribution is -0.137. The van der Waals surface area contributed by atoms with Gasteiger partial charge in [0, 0.05) is 26.7 Å². The molecule has 0 bridgehead atoms. The summed E-state index contributed by atoms with van der Waals surface area (Å²) in [7, 11) is 3.22. The highest BCUT2D eigenvalue weighted by molar-refractivity contribution is 5.66. The lowest BCUT2D eigenvalue weighted by atomic mass is 9.94. The smallest absolute Gasteiger partial charge is 0.303 e. The molecular formula is C14H21NO4. The van der Waals surface area contributed by atoms with E-state index < -0.39 is 5.97 Å². The first-order valence-electron chi connectivity index (χ1n) is 6.18. The lowest BCUT2D eigenvalue weighted by Gasteiger charge is -2.21. The maximum Gasteiger partial charge on any atom is 0.303 e. The maximum absolute atomic E-state index is 10.6. The van der Waals surface area contributed by atoms with Crippen molar-refractivity contribution < 1.29 is 19.4 Å². The molecule has 0 fully saturated rings. The van der Waals surface area contributed by atoms with Gasteiger partial charge < -0.3 is 20.3 Å². The van der Waals surface area contributed by atoms with Crippen LogP contribution in [0.4, 0.5) is 0 Å². The molecule has 106 valence electrons. The van der Waals surface area contributed by atoms with Crippen molar-refractivity contribution in [2.24, 2.45) is 5.73 Å². The largest absolute Gasteiger partial charge is 0.481 e. The second kappa shape index (κ2) is 7.89. The van der Waals surface area contributed by atoms with Crippen LogP contribution in [0.1, 0.15) is 36.1 Å². The highest BCUT2D eigenvalue weighted by Gasteiger charge is 2.18. The number of carboxylic acids is 1. The Bertz CT molecular complexity index is 408. The zero-order valence-electron chi connectivity index (χ0n) is 11.3. The lowest BCUT2D eigenvalue weighted by Crippen LogP contribution is -2.18. The van der Waals surface area contributed by atoms with Gasteiger partial charge >= 0.3 is 5.97 Å². The van der Waals surface area contributed by atoms with Gasteiger partial charge in [0.1, 0.15) is 6.10 Å². The third-order valence-electron chi connectivity index (χ3n) is 3.01. The molecule has 1 aromatic rings. The Labute approximate surface area is 113 Å². The van der Waals surface area contributed by atoms with Crippen LogP contribution in [0.15, 0.2) is 24.3 Å². The summed E-state index contributed by atoms with van der Waals surface area (Å²) in [4.78, 5) is 10.6. The van der Waals surface area contributed by atoms with E-state index in [9.17, 15) is 4.79 Å². The molecule has 1 aromatic carbocycles. The molecule has 0 aliphatic carbocycles. The Hall–Kier alpha value is -1.43. The number of aliphatic carboxylic acids is 1. The zero-order chi connectivity index (χ0) is 14.3. The minimum absolute atomic E-state index is 0.0530. The summed E-state index contributed by atoms with van der Waals surface area (Å²) in [5, 5.41) is 8.72. The van der Waals surface area contributed by atoms with Crippen LogP contribution in [0.3, 0.4) is 0 Å². The number of carbonyl (C=O) groups is 1. The first kappa shape index (κ1) is 15.6. The number of rotatable bonds is 8. The van der Waals surface area contributed by atoms with Crippen LogP contribution < -0.4 is 5.73 Å². The van der Waals surface area contributed by atoms with Gasteiger partial charge in [-0.05, 0) is 17.5 Å². The molecule has 0 spiro atoms. The van der Waals surface area contributed by atoms with Gasteiger partial charge in [-0.1, -0.05) is 24.3 Å². The molecule has 0 aromatic heterocycles. The SMILES string of the molecule is COCC(OC)c1ccccc1C(N)CCC(=O)O. The summed E-state index contributed by atoms with van der Waals surface area (Å²) in [5.41, 5.74) is 7.93. The van der Waals surface area contributed by atoms with Gasteiger partial charge in [0.05, 0.1) is 6.61 Å². The summed E-state index contributed by atoms with van der Waals surface area (Å²) in [5.74, 6) is -0.840. The molecule has 0 heterocycles. The molecule has 1 rings (SSSR count). The topological polar surface area (TPSA) is 81.8 Å². The summed E-state index contributed by atoms with van der Waals surface area (Å²) < 4.78 is 10.5. The molecule has 0 saturated heterocycles. The Morgan fingerprint density at radius 1 is 1.32 bits per heavy atom. The number of hydrogen-bond donors (Lipinski definition) is 2. The Balaban J connectivity index is 2.90. The number of methoxy groups -OCH3 is 2. The van der Waals surface area contributed by atoms with Crippen molar-refractivity contribution in [3.8, 4) is 0 Å². The van der Waals surface area contributed by atoms with E-state index in [0.29, 0.717) is 13.0 Å². The van der Waals surface area contributed by atoms with E-state index in [0.717, 1.165) is 11.1 Å². The zero-order valence-corrected chi connectivity index (χ0v) is 11.3. The van der Waals surface area contributed by atoms with Crippen molar-refractivity contribution in [1.29, 1.82) is 0 Å². The average Bonchev–Trinajstić information content (AvgIpc) is 2.42. The number of hydrogen-bond acceptors (Lipinski definition) is 4. The molecule has 19 heavy (non-hydrogen) atoms. The van der Waals surface area contributed by atoms with E-state index >= 15 is 0 Å². The van der Waals surface area contributed by atoms with Crippen molar-refractivity contribution in [2.75, 3.05) is 20.8 Å². The van der Waals surface area contributed by atoms with Gasteiger partial charge in [-0.3, -0.25) is 4.79 Å². The van der Waals surface area contributed by atoms with Gasteiger partial charge in [0.25, 0.3) is 0 Å². The van der Waals surface area contributed by atoms with Gasteiger partial charge in [-0.15, -0.1) is 0 Å². The van der Waals surface area contributed by atoms with Gasteiger partial charge in [-0.25, -0.2) is 0 Å². The van der Waals surface area contributed by atoms with Crippen LogP contribution in [0.2, 0.25) is 0 Å². The van der Waals surface area contributed by atoms with Crippen LogP contribution in [0.25, 0.3) is 0 Å². The average molecular weight is 267 g/mol. The third kappa shape index (κ3) is 4.63. The van der Waals surface area contributed by atoms with Crippen LogP contribution in [0, 0.1) is 0 Å². The van der Waals surface area contributed by atoms with Gasteiger partial charge in [-0.2, -0.15) is 0 Å². The van der Waals surface area contributed by atoms with E-state index in [1.807, 2.05) is 24.3 Å². The maximum atomic E-state index is 10.6. The van der Waals surface area contributed by atoms with Crippen molar-refractivity contribution in [3.63, 3.8) is 0 Å². The molecule has 5 heteroatoms. The second-order valence-electron chi connectivity index (χ2n) is 4.35. The fourth-order valence-electron chi connectivity index (χ4n) is 2.01. The Morgan fingerprint density at radius 3 is 2.47 bits per heavy atom. The van der Waals surface area contributed by atoms with Crippen LogP contribution in [0.5, 0.6) is 0 Å². The van der Waals surface area contributed by atoms with E-state index in [1.54, 1.807) is 14.2 Å². The van der Waals surface area contributed by atoms with Crippen LogP contribution in [-0.4, -0.2) is 31.9 Å². The monoisotopic (exact) mass is 267 g/mol. The van der Waals surface area contributed by atoms with Crippen LogP contribution in [-0.2, 0) is 14.3 Å². The molecule has 2 atom stereocenters. The standard InChI is InChI=1S/C14H21NO4/c1-18-9-13(19-2)11-6-4-3-5-10(11)12(15)7-8-14(16)17/h3-6,12-13H,7-9,15H2,1-2H3,(H,16,17). The predicted molar refractivity (Wildman–Crippen MR) is 71.9 cm³/mol. The Kier molecular flexibility index (Phi) is 6.49. The first-order valence-corrected chi connectivity index (χ1v) is 6.18. The summed E-state index contributed by atoms with van der Waals surface area (Å²) in [6, 6.07) is 7.32. The quantitative estimate of drug-likeness (QED) is 0.751. The highest BCUT2D eigenvalue weighted by atomic mass is 16.5. The van der Waals surface area contributed by atoms with Gasteiger partial charge in [0.15, 0.2) is 0 Å². The molecule has 2 unspecified atom stereocenters. The second-order valence-corrected chi connectivity index (χ2v) is 4.35. The molecule has 3 N–H and O–H groups in total. The van der Waals surface area contributed by atoms with Crippen LogP contribution >= 0.6 is 0 Å². The highest BCUT2D eigenvalue weighted by Crippen LogP contribution is 2.27. The molecule has 0 aliphatic rings. The Morgan fingerprint density at radius 2 is 1.95 bits per heavy atom. The summed E-state index contributed by atoms with van der Waals surface area (Å²) >= 11 is 0. The van der Waals surface area contributed by atoms with Crippen molar-refractivity contribution >= 4 is 5.97 Å². The summed E-state index contributed by atoms with van der Waals surface area (Å²) in [6.45, 7) is 0.430. The van der Waals surface area contributed by atoms with E-state index in [1.165, 1.54) is 0 Å². The van der Waals surface area contributed by atoms with Crippen molar-refractivity contribution in [2.45, 2.75) is 25.0 Å². The van der Waals surface area contributed by atoms with Gasteiger partial charge in [0.2, 0.25) is 0 Å². The first-order chi connectivity index (χ1) is 9.10. The van der Waals surface area contributed by atoms with E-state index in [2.05, 4.69) is 0 Å². The molecule has 0 amide bonds. The number of ether oxygens (including phenoxy) is 2. The number of benzene rings is 1. The van der Waals surface area contributed by atoms with Crippen molar-refractivity contribution in [3.05, 3.63) is 35.4 Å². The fourth-order valence-corrected chi connectivity index (χ4v) is 2.01. The van der Waals surface area contributed by atoms with E-state index in [4.69, 9.17) is 20.3 Å². The minimum atomic E-state index is -0.840. The van der Waals surface area contributed by atoms with E-state index in [-0.39, 0.29) is 18.6 Å². The molecule has 0 radical (unpaired) electrons. The normalized spacial score (nSPS) is 14.1. The fraction of sp³-hybridized carbons (Fsp3) is 0.500. The molecule has 5 nitrogen and oxygen atoms in total. The number of carboxylic acid groups (broad SMARTS) is 1. The third-order valence-corrected chi connectivity index (χ3v) is 3.01. The molecule has 0 saturated carbocycles. The molecule has 0 aliphatic heterocycles. The minimum Gasteiger partial charge on any atom is -0.481 e. The predicted octanol–water partition coefficient (Wildman–Crippen LogP) is 1.89. The summed E-state index contributed by atoms with van der Waals surface area (Å²) in [6.07, 6.45) is 0.254. The molecular weight excluding hydrogens is 246 g/mol. The number of nitrogens with two attached hydrogens (primary N) is 1.